The molecular formula is C21H26N2O3S. The third-order valence-electron chi connectivity index (χ3n) is 5.00. The first-order valence-electron chi connectivity index (χ1n) is 9.40. The number of nitrogens with one attached hydrogen (secondary N) is 1. The third kappa shape index (κ3) is 4.76. The molecule has 0 bridgehead atoms. The minimum absolute atomic E-state index is 0.0318. The van der Waals surface area contributed by atoms with Crippen LogP contribution in [0, 0.1) is 0 Å². The summed E-state index contributed by atoms with van der Waals surface area (Å²) in [6.45, 7) is 5.07. The Morgan fingerprint density at radius 1 is 1.00 bits per heavy atom. The number of rotatable bonds is 7. The van der Waals surface area contributed by atoms with Crippen LogP contribution in [0.3, 0.4) is 0 Å². The number of nitrogens with zero attached hydrogens (tertiary/aromatic N) is 1. The smallest absolute Gasteiger partial charge is 0.252 e. The van der Waals surface area contributed by atoms with Gasteiger partial charge >= 0.3 is 0 Å². The molecule has 2 aromatic carbocycles. The molecule has 1 amide bonds. The first kappa shape index (κ1) is 19.6. The Kier molecular flexibility index (Phi) is 6.29. The SMILES string of the molecule is CCS(=O)(=O)c1ccccc1C(=O)NCc1ccccc1CN1CCCC1. The number of amides is 1. The van der Waals surface area contributed by atoms with E-state index in [1.807, 2.05) is 18.2 Å². The highest BCUT2D eigenvalue weighted by Gasteiger charge is 2.20. The van der Waals surface area contributed by atoms with Crippen LogP contribution in [-0.2, 0) is 22.9 Å². The summed E-state index contributed by atoms with van der Waals surface area (Å²) < 4.78 is 24.5. The predicted molar refractivity (Wildman–Crippen MR) is 106 cm³/mol. The highest BCUT2D eigenvalue weighted by molar-refractivity contribution is 7.91. The molecule has 5 nitrogen and oxygen atoms in total. The van der Waals surface area contributed by atoms with Gasteiger partial charge in [-0.15, -0.1) is 0 Å². The maximum atomic E-state index is 12.7. The van der Waals surface area contributed by atoms with Crippen molar-refractivity contribution in [2.24, 2.45) is 0 Å². The zero-order valence-electron chi connectivity index (χ0n) is 15.6. The first-order chi connectivity index (χ1) is 13.0. The summed E-state index contributed by atoms with van der Waals surface area (Å²) in [6, 6.07) is 14.5. The Morgan fingerprint density at radius 2 is 1.63 bits per heavy atom. The Balaban J connectivity index is 1.74. The lowest BCUT2D eigenvalue weighted by Crippen LogP contribution is -2.26. The highest BCUT2D eigenvalue weighted by atomic mass is 32.2. The van der Waals surface area contributed by atoms with Crippen LogP contribution in [0.2, 0.25) is 0 Å². The van der Waals surface area contributed by atoms with E-state index in [0.717, 1.165) is 25.2 Å². The third-order valence-corrected chi connectivity index (χ3v) is 6.78. The van der Waals surface area contributed by atoms with Gasteiger partial charge in [-0.25, -0.2) is 8.42 Å². The number of hydrogen-bond donors (Lipinski definition) is 1. The van der Waals surface area contributed by atoms with Crippen LogP contribution in [0.25, 0.3) is 0 Å². The summed E-state index contributed by atoms with van der Waals surface area (Å²) in [5, 5.41) is 2.90. The molecule has 0 saturated carbocycles. The Hall–Kier alpha value is -2.18. The summed E-state index contributed by atoms with van der Waals surface area (Å²) in [5.74, 6) is -0.394. The van der Waals surface area contributed by atoms with Gasteiger partial charge in [-0.05, 0) is 49.2 Å². The van der Waals surface area contributed by atoms with Crippen molar-refractivity contribution in [2.75, 3.05) is 18.8 Å². The van der Waals surface area contributed by atoms with Crippen LogP contribution in [0.5, 0.6) is 0 Å². The second kappa shape index (κ2) is 8.67. The van der Waals surface area contributed by atoms with Gasteiger partial charge in [0.25, 0.3) is 5.91 Å². The van der Waals surface area contributed by atoms with Crippen molar-refractivity contribution < 1.29 is 13.2 Å². The van der Waals surface area contributed by atoms with Crippen molar-refractivity contribution in [1.29, 1.82) is 0 Å². The van der Waals surface area contributed by atoms with E-state index in [-0.39, 0.29) is 22.1 Å². The van der Waals surface area contributed by atoms with Crippen molar-refractivity contribution in [1.82, 2.24) is 10.2 Å². The molecule has 144 valence electrons. The average molecular weight is 387 g/mol. The van der Waals surface area contributed by atoms with Gasteiger partial charge in [0, 0.05) is 13.1 Å². The van der Waals surface area contributed by atoms with Crippen molar-refractivity contribution in [3.05, 3.63) is 65.2 Å². The van der Waals surface area contributed by atoms with Gasteiger partial charge < -0.3 is 5.32 Å². The van der Waals surface area contributed by atoms with Gasteiger partial charge in [0.05, 0.1) is 16.2 Å². The van der Waals surface area contributed by atoms with Gasteiger partial charge in [0.2, 0.25) is 0 Å². The lowest BCUT2D eigenvalue weighted by Gasteiger charge is -2.18. The summed E-state index contributed by atoms with van der Waals surface area (Å²) >= 11 is 0. The largest absolute Gasteiger partial charge is 0.348 e. The molecule has 0 atom stereocenters. The number of benzene rings is 2. The summed E-state index contributed by atoms with van der Waals surface area (Å²) in [6.07, 6.45) is 2.48. The maximum absolute atomic E-state index is 12.7. The summed E-state index contributed by atoms with van der Waals surface area (Å²) in [5.41, 5.74) is 2.47. The fraction of sp³-hybridized carbons (Fsp3) is 0.381. The van der Waals surface area contributed by atoms with Crippen molar-refractivity contribution in [3.63, 3.8) is 0 Å². The molecule has 27 heavy (non-hydrogen) atoms. The number of hydrogen-bond acceptors (Lipinski definition) is 4. The molecule has 0 radical (unpaired) electrons. The van der Waals surface area contributed by atoms with Crippen LogP contribution in [0.15, 0.2) is 53.4 Å². The van der Waals surface area contributed by atoms with Crippen LogP contribution in [-0.4, -0.2) is 38.1 Å². The number of carbonyl (C=O) groups excluding carboxylic acids is 1. The molecule has 0 spiro atoms. The van der Waals surface area contributed by atoms with Crippen LogP contribution >= 0.6 is 0 Å². The Bertz CT molecular complexity index is 903. The summed E-state index contributed by atoms with van der Waals surface area (Å²) in [4.78, 5) is 15.2. The van der Waals surface area contributed by atoms with Crippen LogP contribution in [0.4, 0.5) is 0 Å². The maximum Gasteiger partial charge on any atom is 0.252 e. The minimum atomic E-state index is -3.45. The van der Waals surface area contributed by atoms with Gasteiger partial charge in [0.1, 0.15) is 0 Å². The van der Waals surface area contributed by atoms with Gasteiger partial charge in [0.15, 0.2) is 9.84 Å². The van der Waals surface area contributed by atoms with E-state index in [1.54, 1.807) is 25.1 Å². The second-order valence-electron chi connectivity index (χ2n) is 6.83. The van der Waals surface area contributed by atoms with Crippen molar-refractivity contribution in [3.8, 4) is 0 Å². The van der Waals surface area contributed by atoms with Gasteiger partial charge in [-0.2, -0.15) is 0 Å². The normalized spacial score (nSPS) is 15.0. The van der Waals surface area contributed by atoms with E-state index in [9.17, 15) is 13.2 Å². The molecule has 2 aromatic rings. The van der Waals surface area contributed by atoms with Crippen LogP contribution in [0.1, 0.15) is 41.3 Å². The van der Waals surface area contributed by atoms with Gasteiger partial charge in [-0.3, -0.25) is 9.69 Å². The number of carbonyl (C=O) groups is 1. The van der Waals surface area contributed by atoms with Crippen molar-refractivity contribution >= 4 is 15.7 Å². The molecule has 1 saturated heterocycles. The van der Waals surface area contributed by atoms with E-state index >= 15 is 0 Å². The second-order valence-corrected chi connectivity index (χ2v) is 9.08. The van der Waals surface area contributed by atoms with E-state index in [2.05, 4.69) is 16.3 Å². The fourth-order valence-corrected chi connectivity index (χ4v) is 4.51. The molecule has 1 N–H and O–H groups in total. The lowest BCUT2D eigenvalue weighted by molar-refractivity contribution is 0.0947. The van der Waals surface area contributed by atoms with Gasteiger partial charge in [-0.1, -0.05) is 43.3 Å². The van der Waals surface area contributed by atoms with E-state index in [1.165, 1.54) is 24.5 Å². The van der Waals surface area contributed by atoms with Crippen molar-refractivity contribution in [2.45, 2.75) is 37.8 Å². The molecule has 0 unspecified atom stereocenters. The standard InChI is InChI=1S/C21H26N2O3S/c1-2-27(25,26)20-12-6-5-11-19(20)21(24)22-15-17-9-3-4-10-18(17)16-23-13-7-8-14-23/h3-6,9-12H,2,7-8,13-16H2,1H3,(H,22,24). The topological polar surface area (TPSA) is 66.5 Å². The Morgan fingerprint density at radius 3 is 2.33 bits per heavy atom. The highest BCUT2D eigenvalue weighted by Crippen LogP contribution is 2.19. The molecule has 0 aromatic heterocycles. The zero-order chi connectivity index (χ0) is 19.3. The molecule has 1 fully saturated rings. The minimum Gasteiger partial charge on any atom is -0.348 e. The fourth-order valence-electron chi connectivity index (χ4n) is 3.42. The molecule has 1 heterocycles. The van der Waals surface area contributed by atoms with E-state index < -0.39 is 9.84 Å². The zero-order valence-corrected chi connectivity index (χ0v) is 16.5. The number of sulfone groups is 1. The molecular weight excluding hydrogens is 360 g/mol. The average Bonchev–Trinajstić information content (AvgIpc) is 3.20. The molecule has 3 rings (SSSR count). The summed E-state index contributed by atoms with van der Waals surface area (Å²) in [7, 11) is -3.45. The first-order valence-corrected chi connectivity index (χ1v) is 11.1. The lowest BCUT2D eigenvalue weighted by atomic mass is 10.1. The predicted octanol–water partition coefficient (Wildman–Crippen LogP) is 3.01. The molecule has 0 aliphatic carbocycles. The molecule has 6 heteroatoms. The quantitative estimate of drug-likeness (QED) is 0.794. The Labute approximate surface area is 161 Å². The monoisotopic (exact) mass is 386 g/mol. The number of likely N-dealkylation sites (tertiary alicyclic amines) is 1. The van der Waals surface area contributed by atoms with E-state index in [4.69, 9.17) is 0 Å². The molecule has 1 aliphatic heterocycles. The molecule has 1 aliphatic rings. The van der Waals surface area contributed by atoms with E-state index in [0.29, 0.717) is 6.54 Å². The van der Waals surface area contributed by atoms with Crippen LogP contribution < -0.4 is 5.32 Å².